The molecule has 8 heteroatoms. The molecule has 1 saturated heterocycles. The van der Waals surface area contributed by atoms with Crippen molar-refractivity contribution in [3.63, 3.8) is 0 Å². The van der Waals surface area contributed by atoms with E-state index in [1.807, 2.05) is 65.1 Å². The van der Waals surface area contributed by atoms with Crippen LogP contribution in [0.25, 0.3) is 22.2 Å². The summed E-state index contributed by atoms with van der Waals surface area (Å²) in [6.07, 6.45) is 3.68. The van der Waals surface area contributed by atoms with E-state index >= 15 is 0 Å². The number of fused-ring (bicyclic) bond motifs is 2. The molecular formula is C37H45N5O3. The Morgan fingerprint density at radius 3 is 2.33 bits per heavy atom. The van der Waals surface area contributed by atoms with E-state index in [0.717, 1.165) is 84.8 Å². The molecule has 45 heavy (non-hydrogen) atoms. The Bertz CT molecular complexity index is 1750. The van der Waals surface area contributed by atoms with Crippen LogP contribution >= 0.6 is 0 Å². The lowest BCUT2D eigenvalue weighted by Crippen LogP contribution is -2.39. The summed E-state index contributed by atoms with van der Waals surface area (Å²) in [5.74, 6) is -0.106. The third-order valence-electron chi connectivity index (χ3n) is 9.24. The van der Waals surface area contributed by atoms with Crippen LogP contribution in [-0.4, -0.2) is 51.3 Å². The van der Waals surface area contributed by atoms with Gasteiger partial charge in [0.1, 0.15) is 5.82 Å². The number of carboxylic acid groups (broad SMARTS) is 1. The Labute approximate surface area is 266 Å². The molecule has 0 radical (unpaired) electrons. The number of nitrogens with zero attached hydrogens (tertiary/aromatic N) is 5. The van der Waals surface area contributed by atoms with E-state index in [-0.39, 0.29) is 5.41 Å². The lowest BCUT2D eigenvalue weighted by Gasteiger charge is -2.41. The number of rotatable bonds is 6. The first-order valence-corrected chi connectivity index (χ1v) is 16.1. The van der Waals surface area contributed by atoms with E-state index in [4.69, 9.17) is 14.7 Å². The Hall–Kier alpha value is -4.04. The second-order valence-corrected chi connectivity index (χ2v) is 14.4. The van der Waals surface area contributed by atoms with E-state index in [2.05, 4.69) is 46.8 Å². The van der Waals surface area contributed by atoms with Gasteiger partial charge in [0.05, 0.1) is 28.5 Å². The monoisotopic (exact) mass is 607 g/mol. The number of aromatic nitrogens is 3. The summed E-state index contributed by atoms with van der Waals surface area (Å²) in [6, 6.07) is 14.7. The number of piperidine rings is 1. The molecule has 236 valence electrons. The summed E-state index contributed by atoms with van der Waals surface area (Å²) in [6.45, 7) is 17.6. The molecule has 1 fully saturated rings. The van der Waals surface area contributed by atoms with Crippen LogP contribution in [0.15, 0.2) is 48.7 Å². The summed E-state index contributed by atoms with van der Waals surface area (Å²) in [7, 11) is 0. The van der Waals surface area contributed by atoms with Gasteiger partial charge in [0.2, 0.25) is 0 Å². The Balaban J connectivity index is 1.42. The number of ether oxygens (including phenoxy) is 1. The topological polar surface area (TPSA) is 91.7 Å². The number of anilines is 2. The molecular weight excluding hydrogens is 562 g/mol. The van der Waals surface area contributed by atoms with Gasteiger partial charge >= 0.3 is 5.97 Å². The number of aryl methyl sites for hydroxylation is 2. The minimum atomic E-state index is -1.13. The zero-order valence-electron chi connectivity index (χ0n) is 27.6. The fourth-order valence-electron chi connectivity index (χ4n) is 6.76. The zero-order chi connectivity index (χ0) is 32.1. The maximum Gasteiger partial charge on any atom is 0.337 e. The van der Waals surface area contributed by atoms with Crippen molar-refractivity contribution >= 4 is 28.5 Å². The van der Waals surface area contributed by atoms with Crippen molar-refractivity contribution < 1.29 is 14.6 Å². The third-order valence-corrected chi connectivity index (χ3v) is 9.24. The van der Waals surface area contributed by atoms with Crippen molar-refractivity contribution in [3.05, 3.63) is 76.7 Å². The van der Waals surface area contributed by atoms with Crippen molar-refractivity contribution in [2.24, 2.45) is 5.41 Å². The minimum absolute atomic E-state index is 0.245. The van der Waals surface area contributed by atoms with Crippen LogP contribution in [0.3, 0.4) is 0 Å². The van der Waals surface area contributed by atoms with Crippen molar-refractivity contribution in [1.82, 2.24) is 15.0 Å². The van der Waals surface area contributed by atoms with Gasteiger partial charge in [-0.1, -0.05) is 44.2 Å². The summed E-state index contributed by atoms with van der Waals surface area (Å²) in [5.41, 5.74) is 9.26. The largest absolute Gasteiger partial charge is 0.479 e. The number of benzene rings is 2. The van der Waals surface area contributed by atoms with Crippen LogP contribution in [0.2, 0.25) is 0 Å². The average Bonchev–Trinajstić information content (AvgIpc) is 2.98. The van der Waals surface area contributed by atoms with Gasteiger partial charge < -0.3 is 19.6 Å². The van der Waals surface area contributed by atoms with Gasteiger partial charge in [-0.15, -0.1) is 0 Å². The molecule has 1 N–H and O–H groups in total. The number of carboxylic acids is 1. The fraction of sp³-hybridized carbons (Fsp3) is 0.459. The molecule has 1 atom stereocenters. The first kappa shape index (κ1) is 31.0. The van der Waals surface area contributed by atoms with Crippen LogP contribution < -0.4 is 9.80 Å². The highest BCUT2D eigenvalue weighted by Gasteiger charge is 2.36. The number of pyridine rings is 1. The minimum Gasteiger partial charge on any atom is -0.479 e. The molecule has 0 bridgehead atoms. The van der Waals surface area contributed by atoms with Crippen molar-refractivity contribution in [3.8, 4) is 11.1 Å². The molecule has 0 spiro atoms. The maximum atomic E-state index is 12.8. The van der Waals surface area contributed by atoms with Crippen LogP contribution in [0.4, 0.5) is 11.5 Å². The smallest absolute Gasteiger partial charge is 0.337 e. The molecule has 2 aliphatic rings. The molecule has 4 heterocycles. The van der Waals surface area contributed by atoms with Crippen LogP contribution in [-0.2, 0) is 22.5 Å². The number of hydrogen-bond donors (Lipinski definition) is 1. The summed E-state index contributed by atoms with van der Waals surface area (Å²) in [5, 5.41) is 10.5. The highest BCUT2D eigenvalue weighted by molar-refractivity contribution is 5.88. The predicted molar refractivity (Wildman–Crippen MR) is 180 cm³/mol. The highest BCUT2D eigenvalue weighted by atomic mass is 16.5. The van der Waals surface area contributed by atoms with E-state index in [1.54, 1.807) is 0 Å². The molecule has 2 aliphatic heterocycles. The lowest BCUT2D eigenvalue weighted by molar-refractivity contribution is -0.160. The van der Waals surface area contributed by atoms with Gasteiger partial charge in [-0.05, 0) is 88.1 Å². The number of carbonyl (C=O) groups is 1. The molecule has 0 aliphatic carbocycles. The standard InChI is InChI=1S/C37H45N5O3/c1-23-31(26-12-13-27-22-42(17-14-25(27)20-26)30-21-38-28-10-8-9-11-29(28)40-30)33(41-18-15-37(6,7)16-19-41)32(24(2)39-23)34(35(43)44)45-36(3,4)5/h8-13,20-21,34H,14-19,22H2,1-7H3,(H,43,44)/t34-/m0/s1. The van der Waals surface area contributed by atoms with Crippen LogP contribution in [0.5, 0.6) is 0 Å². The average molecular weight is 608 g/mol. The lowest BCUT2D eigenvalue weighted by atomic mass is 9.81. The molecule has 6 rings (SSSR count). The zero-order valence-corrected chi connectivity index (χ0v) is 27.6. The molecule has 2 aromatic heterocycles. The van der Waals surface area contributed by atoms with Gasteiger partial charge in [-0.2, -0.15) is 0 Å². The SMILES string of the molecule is Cc1nc(C)c([C@H](OC(C)(C)C)C(=O)O)c(N2CCC(C)(C)CC2)c1-c1ccc2c(c1)CCN(c1cnc3ccccc3n1)C2. The molecule has 8 nitrogen and oxygen atoms in total. The summed E-state index contributed by atoms with van der Waals surface area (Å²) < 4.78 is 6.26. The first-order chi connectivity index (χ1) is 21.3. The molecule has 0 amide bonds. The van der Waals surface area contributed by atoms with Crippen LogP contribution in [0.1, 0.15) is 81.6 Å². The normalized spacial score (nSPS) is 17.3. The summed E-state index contributed by atoms with van der Waals surface area (Å²) in [4.78, 5) is 32.0. The molecule has 0 saturated carbocycles. The molecule has 4 aromatic rings. The van der Waals surface area contributed by atoms with Crippen molar-refractivity contribution in [2.45, 2.75) is 86.0 Å². The van der Waals surface area contributed by atoms with E-state index in [9.17, 15) is 9.90 Å². The van der Waals surface area contributed by atoms with Gasteiger partial charge in [-0.3, -0.25) is 9.97 Å². The van der Waals surface area contributed by atoms with E-state index in [0.29, 0.717) is 11.3 Å². The van der Waals surface area contributed by atoms with Crippen LogP contribution in [0, 0.1) is 19.3 Å². The second-order valence-electron chi connectivity index (χ2n) is 14.4. The fourth-order valence-corrected chi connectivity index (χ4v) is 6.76. The summed E-state index contributed by atoms with van der Waals surface area (Å²) >= 11 is 0. The number of aliphatic carboxylic acids is 1. The third kappa shape index (κ3) is 6.39. The Morgan fingerprint density at radius 2 is 1.64 bits per heavy atom. The molecule has 0 unspecified atom stereocenters. The quantitative estimate of drug-likeness (QED) is 0.242. The maximum absolute atomic E-state index is 12.8. The molecule has 2 aromatic carbocycles. The highest BCUT2D eigenvalue weighted by Crippen LogP contribution is 2.45. The predicted octanol–water partition coefficient (Wildman–Crippen LogP) is 7.44. The van der Waals surface area contributed by atoms with Crippen molar-refractivity contribution in [2.75, 3.05) is 29.4 Å². The van der Waals surface area contributed by atoms with Gasteiger partial charge in [0.25, 0.3) is 0 Å². The van der Waals surface area contributed by atoms with E-state index < -0.39 is 17.7 Å². The first-order valence-electron chi connectivity index (χ1n) is 16.1. The van der Waals surface area contributed by atoms with Gasteiger partial charge in [-0.25, -0.2) is 9.78 Å². The Kier molecular flexibility index (Phi) is 8.06. The number of para-hydroxylation sites is 2. The van der Waals surface area contributed by atoms with Gasteiger partial charge in [0, 0.05) is 48.7 Å². The second kappa shape index (κ2) is 11.7. The number of hydrogen-bond acceptors (Lipinski definition) is 7. The van der Waals surface area contributed by atoms with E-state index in [1.165, 1.54) is 11.1 Å². The Morgan fingerprint density at radius 1 is 0.933 bits per heavy atom. The van der Waals surface area contributed by atoms with Gasteiger partial charge in [0.15, 0.2) is 6.10 Å². The van der Waals surface area contributed by atoms with Crippen molar-refractivity contribution in [1.29, 1.82) is 0 Å².